The van der Waals surface area contributed by atoms with E-state index in [1.54, 1.807) is 0 Å². The lowest BCUT2D eigenvalue weighted by Crippen LogP contribution is -2.35. The van der Waals surface area contributed by atoms with Gasteiger partial charge in [-0.15, -0.1) is 0 Å². The van der Waals surface area contributed by atoms with Crippen LogP contribution in [0.5, 0.6) is 0 Å². The number of piperidine rings is 1. The second-order valence-electron chi connectivity index (χ2n) is 5.03. The molecule has 1 aromatic carbocycles. The summed E-state index contributed by atoms with van der Waals surface area (Å²) in [6, 6.07) is 7.00. The molecule has 1 atom stereocenters. The van der Waals surface area contributed by atoms with E-state index in [0.717, 1.165) is 17.1 Å². The average Bonchev–Trinajstić information content (AvgIpc) is 2.32. The molecule has 0 aliphatic carbocycles. The van der Waals surface area contributed by atoms with Crippen LogP contribution in [-0.2, 0) is 6.42 Å². The maximum absolute atomic E-state index is 6.18. The number of halogens is 1. The van der Waals surface area contributed by atoms with Gasteiger partial charge in [-0.2, -0.15) is 0 Å². The Labute approximate surface area is 109 Å². The third-order valence-corrected chi connectivity index (χ3v) is 3.71. The van der Waals surface area contributed by atoms with Gasteiger partial charge >= 0.3 is 0 Å². The number of rotatable bonds is 3. The summed E-state index contributed by atoms with van der Waals surface area (Å²) in [7, 11) is 4.06. The highest BCUT2D eigenvalue weighted by Crippen LogP contribution is 2.26. The summed E-state index contributed by atoms with van der Waals surface area (Å²) in [6.45, 7) is 1.17. The van der Waals surface area contributed by atoms with Crippen LogP contribution < -0.4 is 10.2 Å². The standard InChI is InChI=1S/C14H21ClN2/c1-17(2)14-10-11(6-7-13(14)15)9-12-5-3-4-8-16-12/h6-7,10,12,16H,3-5,8-9H2,1-2H3. The topological polar surface area (TPSA) is 15.3 Å². The zero-order valence-electron chi connectivity index (χ0n) is 10.7. The van der Waals surface area contributed by atoms with Gasteiger partial charge in [0.15, 0.2) is 0 Å². The van der Waals surface area contributed by atoms with Crippen molar-refractivity contribution in [3.05, 3.63) is 28.8 Å². The van der Waals surface area contributed by atoms with Gasteiger partial charge in [-0.05, 0) is 43.5 Å². The predicted molar refractivity (Wildman–Crippen MR) is 75.1 cm³/mol. The van der Waals surface area contributed by atoms with Crippen LogP contribution in [-0.4, -0.2) is 26.7 Å². The molecule has 2 rings (SSSR count). The first-order chi connectivity index (χ1) is 8.16. The summed E-state index contributed by atoms with van der Waals surface area (Å²) in [5.41, 5.74) is 2.48. The minimum Gasteiger partial charge on any atom is -0.376 e. The first-order valence-corrected chi connectivity index (χ1v) is 6.74. The second kappa shape index (κ2) is 5.74. The molecule has 1 aliphatic rings. The maximum Gasteiger partial charge on any atom is 0.0639 e. The van der Waals surface area contributed by atoms with Gasteiger partial charge in [-0.25, -0.2) is 0 Å². The van der Waals surface area contributed by atoms with Gasteiger partial charge in [0, 0.05) is 20.1 Å². The molecule has 0 amide bonds. The fourth-order valence-corrected chi connectivity index (χ4v) is 2.70. The van der Waals surface area contributed by atoms with E-state index in [1.165, 1.54) is 31.4 Å². The molecule has 1 heterocycles. The molecule has 0 spiro atoms. The molecular formula is C14H21ClN2. The molecule has 1 N–H and O–H groups in total. The SMILES string of the molecule is CN(C)c1cc(CC2CCCCN2)ccc1Cl. The van der Waals surface area contributed by atoms with Gasteiger partial charge in [0.1, 0.15) is 0 Å². The Balaban J connectivity index is 2.07. The number of benzene rings is 1. The maximum atomic E-state index is 6.18. The molecule has 0 saturated carbocycles. The highest BCUT2D eigenvalue weighted by molar-refractivity contribution is 6.33. The Hall–Kier alpha value is -0.730. The van der Waals surface area contributed by atoms with Crippen molar-refractivity contribution >= 4 is 17.3 Å². The largest absolute Gasteiger partial charge is 0.376 e. The van der Waals surface area contributed by atoms with Gasteiger partial charge in [-0.1, -0.05) is 24.1 Å². The Morgan fingerprint density at radius 2 is 2.18 bits per heavy atom. The third kappa shape index (κ3) is 3.36. The minimum atomic E-state index is 0.639. The number of hydrogen-bond donors (Lipinski definition) is 1. The first kappa shape index (κ1) is 12.7. The normalized spacial score (nSPS) is 20.3. The molecule has 0 aromatic heterocycles. The van der Waals surface area contributed by atoms with Crippen molar-refractivity contribution in [2.75, 3.05) is 25.5 Å². The summed E-state index contributed by atoms with van der Waals surface area (Å²) in [4.78, 5) is 2.07. The monoisotopic (exact) mass is 252 g/mol. The van der Waals surface area contributed by atoms with Gasteiger partial charge < -0.3 is 10.2 Å². The molecule has 1 aliphatic heterocycles. The zero-order valence-corrected chi connectivity index (χ0v) is 11.4. The predicted octanol–water partition coefficient (Wildman–Crippen LogP) is 3.09. The van der Waals surface area contributed by atoms with Crippen molar-refractivity contribution in [3.63, 3.8) is 0 Å². The van der Waals surface area contributed by atoms with Gasteiger partial charge in [-0.3, -0.25) is 0 Å². The molecule has 0 radical (unpaired) electrons. The third-order valence-electron chi connectivity index (χ3n) is 3.39. The van der Waals surface area contributed by atoms with Crippen LogP contribution >= 0.6 is 11.6 Å². The smallest absolute Gasteiger partial charge is 0.0639 e. The lowest BCUT2D eigenvalue weighted by molar-refractivity contribution is 0.399. The average molecular weight is 253 g/mol. The molecule has 2 nitrogen and oxygen atoms in total. The van der Waals surface area contributed by atoms with Crippen LogP contribution in [0.15, 0.2) is 18.2 Å². The van der Waals surface area contributed by atoms with E-state index >= 15 is 0 Å². The van der Waals surface area contributed by atoms with Crippen molar-refractivity contribution in [1.82, 2.24) is 5.32 Å². The van der Waals surface area contributed by atoms with Gasteiger partial charge in [0.25, 0.3) is 0 Å². The summed E-state index contributed by atoms with van der Waals surface area (Å²) >= 11 is 6.18. The minimum absolute atomic E-state index is 0.639. The summed E-state index contributed by atoms with van der Waals surface area (Å²) in [5, 5.41) is 4.41. The van der Waals surface area contributed by atoms with Crippen LogP contribution in [0, 0.1) is 0 Å². The molecule has 1 saturated heterocycles. The molecule has 17 heavy (non-hydrogen) atoms. The molecule has 3 heteroatoms. The van der Waals surface area contributed by atoms with Gasteiger partial charge in [0.05, 0.1) is 10.7 Å². The lowest BCUT2D eigenvalue weighted by Gasteiger charge is -2.24. The first-order valence-electron chi connectivity index (χ1n) is 6.36. The van der Waals surface area contributed by atoms with Crippen LogP contribution in [0.2, 0.25) is 5.02 Å². The Morgan fingerprint density at radius 3 is 2.82 bits per heavy atom. The quantitative estimate of drug-likeness (QED) is 0.890. The van der Waals surface area contributed by atoms with Crippen molar-refractivity contribution in [2.24, 2.45) is 0 Å². The van der Waals surface area contributed by atoms with Crippen molar-refractivity contribution in [1.29, 1.82) is 0 Å². The molecule has 0 bridgehead atoms. The van der Waals surface area contributed by atoms with E-state index in [9.17, 15) is 0 Å². The number of anilines is 1. The molecule has 94 valence electrons. The Morgan fingerprint density at radius 1 is 1.35 bits per heavy atom. The number of nitrogens with one attached hydrogen (secondary N) is 1. The Kier molecular flexibility index (Phi) is 4.30. The van der Waals surface area contributed by atoms with E-state index < -0.39 is 0 Å². The lowest BCUT2D eigenvalue weighted by atomic mass is 9.97. The summed E-state index contributed by atoms with van der Waals surface area (Å²) in [5.74, 6) is 0. The highest BCUT2D eigenvalue weighted by Gasteiger charge is 2.13. The van der Waals surface area contributed by atoms with Gasteiger partial charge in [0.2, 0.25) is 0 Å². The fraction of sp³-hybridized carbons (Fsp3) is 0.571. The van der Waals surface area contributed by atoms with E-state index in [0.29, 0.717) is 6.04 Å². The van der Waals surface area contributed by atoms with Crippen molar-refractivity contribution in [2.45, 2.75) is 31.7 Å². The van der Waals surface area contributed by atoms with Crippen LogP contribution in [0.25, 0.3) is 0 Å². The van der Waals surface area contributed by atoms with Crippen LogP contribution in [0.4, 0.5) is 5.69 Å². The second-order valence-corrected chi connectivity index (χ2v) is 5.44. The van der Waals surface area contributed by atoms with Crippen molar-refractivity contribution in [3.8, 4) is 0 Å². The van der Waals surface area contributed by atoms with E-state index in [-0.39, 0.29) is 0 Å². The summed E-state index contributed by atoms with van der Waals surface area (Å²) in [6.07, 6.45) is 5.07. The molecular weight excluding hydrogens is 232 g/mol. The molecule has 1 aromatic rings. The van der Waals surface area contributed by atoms with E-state index in [1.807, 2.05) is 20.2 Å². The van der Waals surface area contributed by atoms with Crippen molar-refractivity contribution < 1.29 is 0 Å². The zero-order chi connectivity index (χ0) is 12.3. The van der Waals surface area contributed by atoms with E-state index in [2.05, 4.69) is 22.3 Å². The van der Waals surface area contributed by atoms with Crippen LogP contribution in [0.1, 0.15) is 24.8 Å². The Bertz CT molecular complexity index is 370. The number of nitrogens with zero attached hydrogens (tertiary/aromatic N) is 1. The van der Waals surface area contributed by atoms with E-state index in [4.69, 9.17) is 11.6 Å². The summed E-state index contributed by atoms with van der Waals surface area (Å²) < 4.78 is 0. The molecule has 1 unspecified atom stereocenters. The molecule has 1 fully saturated rings. The fourth-order valence-electron chi connectivity index (χ4n) is 2.41. The highest BCUT2D eigenvalue weighted by atomic mass is 35.5. The number of hydrogen-bond acceptors (Lipinski definition) is 2. The van der Waals surface area contributed by atoms with Crippen LogP contribution in [0.3, 0.4) is 0 Å².